The predicted molar refractivity (Wildman–Crippen MR) is 129 cm³/mol. The van der Waals surface area contributed by atoms with E-state index >= 15 is 0 Å². The summed E-state index contributed by atoms with van der Waals surface area (Å²) in [6.45, 7) is 0. The Morgan fingerprint density at radius 1 is 1.00 bits per heavy atom. The van der Waals surface area contributed by atoms with E-state index in [9.17, 15) is 9.18 Å². The highest BCUT2D eigenvalue weighted by Crippen LogP contribution is 2.25. The highest BCUT2D eigenvalue weighted by molar-refractivity contribution is 7.98. The maximum Gasteiger partial charge on any atom is 0.248 e. The highest BCUT2D eigenvalue weighted by atomic mass is 32.2. The lowest BCUT2D eigenvalue weighted by Gasteiger charge is -2.07. The quantitative estimate of drug-likeness (QED) is 0.247. The maximum absolute atomic E-state index is 14.3. The fraction of sp³-hybridized carbons (Fsp3) is 0.0385. The van der Waals surface area contributed by atoms with E-state index in [1.54, 1.807) is 48.4 Å². The second-order valence-corrected chi connectivity index (χ2v) is 8.03. The van der Waals surface area contributed by atoms with E-state index < -0.39 is 5.82 Å². The van der Waals surface area contributed by atoms with Crippen molar-refractivity contribution >= 4 is 29.4 Å². The molecule has 4 aromatic rings. The molecular formula is C26H20FN3O2S. The zero-order valence-electron chi connectivity index (χ0n) is 17.5. The standard InChI is InChI=1S/C26H20FN3O2S/c27-24-15-19(5-11-25(24)32-22-4-2-14-29-17-22)6-12-26(31)30-21-7-9-23(10-8-21)33-18-20-3-1-13-28-16-20/h1-17H,18H2,(H,30,31)/b12-6+. The van der Waals surface area contributed by atoms with Crippen LogP contribution in [0, 0.1) is 5.82 Å². The zero-order chi connectivity index (χ0) is 22.9. The van der Waals surface area contributed by atoms with Crippen LogP contribution in [-0.2, 0) is 10.5 Å². The third-order valence-corrected chi connectivity index (χ3v) is 5.58. The molecule has 0 radical (unpaired) electrons. The summed E-state index contributed by atoms with van der Waals surface area (Å²) in [5.74, 6) is 0.527. The fourth-order valence-corrected chi connectivity index (χ4v) is 3.71. The molecule has 0 bridgehead atoms. The summed E-state index contributed by atoms with van der Waals surface area (Å²) in [6, 6.07) is 19.5. The van der Waals surface area contributed by atoms with Crippen molar-refractivity contribution in [1.82, 2.24) is 9.97 Å². The van der Waals surface area contributed by atoms with Crippen molar-refractivity contribution in [3.63, 3.8) is 0 Å². The fourth-order valence-electron chi connectivity index (χ4n) is 2.88. The van der Waals surface area contributed by atoms with Crippen molar-refractivity contribution in [2.75, 3.05) is 5.32 Å². The molecule has 4 rings (SSSR count). The Hall–Kier alpha value is -3.97. The number of halogens is 1. The maximum atomic E-state index is 14.3. The van der Waals surface area contributed by atoms with Gasteiger partial charge >= 0.3 is 0 Å². The van der Waals surface area contributed by atoms with Crippen LogP contribution in [0.2, 0.25) is 0 Å². The second-order valence-electron chi connectivity index (χ2n) is 6.98. The molecule has 1 amide bonds. The van der Waals surface area contributed by atoms with Gasteiger partial charge in [0, 0.05) is 41.0 Å². The van der Waals surface area contributed by atoms with Gasteiger partial charge in [-0.15, -0.1) is 11.8 Å². The molecule has 2 aromatic carbocycles. The van der Waals surface area contributed by atoms with Crippen molar-refractivity contribution in [2.24, 2.45) is 0 Å². The van der Waals surface area contributed by atoms with Crippen molar-refractivity contribution < 1.29 is 13.9 Å². The van der Waals surface area contributed by atoms with E-state index in [2.05, 4.69) is 15.3 Å². The van der Waals surface area contributed by atoms with Crippen LogP contribution in [0.5, 0.6) is 11.5 Å². The first kappa shape index (κ1) is 22.2. The third kappa shape index (κ3) is 6.75. The van der Waals surface area contributed by atoms with Crippen LogP contribution in [0.3, 0.4) is 0 Å². The lowest BCUT2D eigenvalue weighted by atomic mass is 10.2. The summed E-state index contributed by atoms with van der Waals surface area (Å²) in [7, 11) is 0. The zero-order valence-corrected chi connectivity index (χ0v) is 18.3. The Morgan fingerprint density at radius 2 is 1.79 bits per heavy atom. The summed E-state index contributed by atoms with van der Waals surface area (Å²) in [5.41, 5.74) is 2.38. The number of nitrogens with one attached hydrogen (secondary N) is 1. The van der Waals surface area contributed by atoms with Crippen molar-refractivity contribution in [2.45, 2.75) is 10.6 Å². The molecule has 5 nitrogen and oxygen atoms in total. The number of amides is 1. The van der Waals surface area contributed by atoms with Gasteiger partial charge in [0.25, 0.3) is 0 Å². The van der Waals surface area contributed by atoms with Crippen LogP contribution in [0.15, 0.2) is 102 Å². The van der Waals surface area contributed by atoms with E-state index in [0.29, 0.717) is 17.0 Å². The van der Waals surface area contributed by atoms with Crippen molar-refractivity contribution in [3.8, 4) is 11.5 Å². The van der Waals surface area contributed by atoms with Gasteiger partial charge in [0.05, 0.1) is 6.20 Å². The van der Waals surface area contributed by atoms with Gasteiger partial charge in [-0.2, -0.15) is 0 Å². The van der Waals surface area contributed by atoms with Crippen LogP contribution in [0.25, 0.3) is 6.08 Å². The van der Waals surface area contributed by atoms with Crippen LogP contribution in [-0.4, -0.2) is 15.9 Å². The summed E-state index contributed by atoms with van der Waals surface area (Å²) in [4.78, 5) is 21.4. The van der Waals surface area contributed by atoms with Gasteiger partial charge < -0.3 is 10.1 Å². The number of thioether (sulfide) groups is 1. The molecule has 0 aliphatic carbocycles. The number of rotatable bonds is 8. The van der Waals surface area contributed by atoms with Gasteiger partial charge in [0.15, 0.2) is 11.6 Å². The highest BCUT2D eigenvalue weighted by Gasteiger charge is 2.06. The Balaban J connectivity index is 1.30. The van der Waals surface area contributed by atoms with Gasteiger partial charge in [0.1, 0.15) is 5.75 Å². The molecule has 0 spiro atoms. The summed E-state index contributed by atoms with van der Waals surface area (Å²) in [6.07, 6.45) is 9.62. The topological polar surface area (TPSA) is 64.1 Å². The molecule has 0 unspecified atom stereocenters. The van der Waals surface area contributed by atoms with Crippen LogP contribution in [0.1, 0.15) is 11.1 Å². The van der Waals surface area contributed by atoms with Crippen LogP contribution >= 0.6 is 11.8 Å². The lowest BCUT2D eigenvalue weighted by Crippen LogP contribution is -2.07. The minimum atomic E-state index is -0.527. The minimum Gasteiger partial charge on any atom is -0.453 e. The normalized spacial score (nSPS) is 10.8. The molecule has 0 aliphatic heterocycles. The molecular weight excluding hydrogens is 437 g/mol. The average Bonchev–Trinajstić information content (AvgIpc) is 2.85. The van der Waals surface area contributed by atoms with Gasteiger partial charge in [0.2, 0.25) is 5.91 Å². The molecule has 33 heavy (non-hydrogen) atoms. The summed E-state index contributed by atoms with van der Waals surface area (Å²) < 4.78 is 19.8. The number of hydrogen-bond donors (Lipinski definition) is 1. The average molecular weight is 458 g/mol. The lowest BCUT2D eigenvalue weighted by molar-refractivity contribution is -0.111. The number of aromatic nitrogens is 2. The number of pyridine rings is 2. The number of carbonyl (C=O) groups is 1. The number of ether oxygens (including phenoxy) is 1. The first-order valence-electron chi connectivity index (χ1n) is 10.1. The SMILES string of the molecule is O=C(/C=C/c1ccc(Oc2cccnc2)c(F)c1)Nc1ccc(SCc2cccnc2)cc1. The smallest absolute Gasteiger partial charge is 0.248 e. The summed E-state index contributed by atoms with van der Waals surface area (Å²) in [5, 5.41) is 2.80. The number of benzene rings is 2. The summed E-state index contributed by atoms with van der Waals surface area (Å²) >= 11 is 1.70. The molecule has 1 N–H and O–H groups in total. The molecule has 164 valence electrons. The first-order chi connectivity index (χ1) is 16.2. The minimum absolute atomic E-state index is 0.0890. The Labute approximate surface area is 195 Å². The van der Waals surface area contributed by atoms with Gasteiger partial charge in [-0.3, -0.25) is 14.8 Å². The third-order valence-electron chi connectivity index (χ3n) is 4.50. The Bertz CT molecular complexity index is 1230. The molecule has 0 atom stereocenters. The molecule has 2 heterocycles. The Morgan fingerprint density at radius 3 is 2.48 bits per heavy atom. The predicted octanol–water partition coefficient (Wildman–Crippen LogP) is 6.35. The molecule has 0 aliphatic rings. The van der Waals surface area contributed by atoms with Gasteiger partial charge in [-0.05, 0) is 71.8 Å². The second kappa shape index (κ2) is 11.1. The van der Waals surface area contributed by atoms with E-state index in [-0.39, 0.29) is 11.7 Å². The van der Waals surface area contributed by atoms with E-state index in [1.807, 2.05) is 42.6 Å². The van der Waals surface area contributed by atoms with Crippen LogP contribution in [0.4, 0.5) is 10.1 Å². The number of carbonyl (C=O) groups excluding carboxylic acids is 1. The van der Waals surface area contributed by atoms with E-state index in [0.717, 1.165) is 16.2 Å². The van der Waals surface area contributed by atoms with E-state index in [1.165, 1.54) is 24.4 Å². The van der Waals surface area contributed by atoms with Crippen molar-refractivity contribution in [1.29, 1.82) is 0 Å². The van der Waals surface area contributed by atoms with Crippen LogP contribution < -0.4 is 10.1 Å². The number of anilines is 1. The van der Waals surface area contributed by atoms with E-state index in [4.69, 9.17) is 4.74 Å². The first-order valence-corrected chi connectivity index (χ1v) is 11.1. The molecule has 0 saturated heterocycles. The molecule has 2 aromatic heterocycles. The molecule has 7 heteroatoms. The van der Waals surface area contributed by atoms with Gasteiger partial charge in [-0.25, -0.2) is 4.39 Å². The van der Waals surface area contributed by atoms with Gasteiger partial charge in [-0.1, -0.05) is 12.1 Å². The molecule has 0 fully saturated rings. The number of hydrogen-bond acceptors (Lipinski definition) is 5. The number of nitrogens with zero attached hydrogens (tertiary/aromatic N) is 2. The molecule has 0 saturated carbocycles. The largest absolute Gasteiger partial charge is 0.453 e. The monoisotopic (exact) mass is 457 g/mol. The van der Waals surface area contributed by atoms with Crippen molar-refractivity contribution in [3.05, 3.63) is 115 Å². The Kier molecular flexibility index (Phi) is 7.45.